The molecule has 0 aliphatic heterocycles. The summed E-state index contributed by atoms with van der Waals surface area (Å²) >= 11 is 0. The summed E-state index contributed by atoms with van der Waals surface area (Å²) in [7, 11) is 0. The number of ether oxygens (including phenoxy) is 1. The largest absolute Gasteiger partial charge is 0.494 e. The number of hydrogen-bond donors (Lipinski definition) is 2. The summed E-state index contributed by atoms with van der Waals surface area (Å²) in [6.45, 7) is 6.01. The topological polar surface area (TPSA) is 67.4 Å². The van der Waals surface area contributed by atoms with Gasteiger partial charge in [0.05, 0.1) is 6.61 Å². The Bertz CT molecular complexity index is 795. The molecule has 0 saturated heterocycles. The highest BCUT2D eigenvalue weighted by atomic mass is 16.5. The zero-order valence-electron chi connectivity index (χ0n) is 15.3. The van der Waals surface area contributed by atoms with Crippen LogP contribution in [0.5, 0.6) is 5.75 Å². The molecule has 0 bridgehead atoms. The van der Waals surface area contributed by atoms with Gasteiger partial charge in [-0.25, -0.2) is 0 Å². The lowest BCUT2D eigenvalue weighted by atomic mass is 10.1. The maximum atomic E-state index is 12.6. The summed E-state index contributed by atoms with van der Waals surface area (Å²) in [4.78, 5) is 24.1. The second-order valence-corrected chi connectivity index (χ2v) is 5.92. The minimum atomic E-state index is -0.384. The van der Waals surface area contributed by atoms with Gasteiger partial charge in [-0.2, -0.15) is 0 Å². The van der Waals surface area contributed by atoms with E-state index < -0.39 is 0 Å². The van der Waals surface area contributed by atoms with Crippen LogP contribution in [0, 0.1) is 6.92 Å². The Labute approximate surface area is 154 Å². The van der Waals surface area contributed by atoms with Crippen LogP contribution in [0.2, 0.25) is 0 Å². The molecule has 0 radical (unpaired) electrons. The molecule has 0 unspecified atom stereocenters. The molecule has 2 aromatic carbocycles. The molecule has 5 nitrogen and oxygen atoms in total. The molecule has 5 heteroatoms. The van der Waals surface area contributed by atoms with E-state index in [2.05, 4.69) is 10.6 Å². The van der Waals surface area contributed by atoms with Gasteiger partial charge in [-0.15, -0.1) is 0 Å². The van der Waals surface area contributed by atoms with Gasteiger partial charge >= 0.3 is 0 Å². The Hall–Kier alpha value is -3.08. The average Bonchev–Trinajstić information content (AvgIpc) is 2.62. The second kappa shape index (κ2) is 9.42. The van der Waals surface area contributed by atoms with E-state index in [0.717, 1.165) is 23.3 Å². The zero-order chi connectivity index (χ0) is 18.9. The molecule has 0 aliphatic rings. The molecule has 0 fully saturated rings. The summed E-state index contributed by atoms with van der Waals surface area (Å²) in [6.07, 6.45) is 2.60. The minimum absolute atomic E-state index is 0.193. The fourth-order valence-corrected chi connectivity index (χ4v) is 2.31. The summed E-state index contributed by atoms with van der Waals surface area (Å²) in [6, 6.07) is 14.8. The molecule has 0 aromatic heterocycles. The molecule has 0 aliphatic carbocycles. The van der Waals surface area contributed by atoms with Crippen molar-refractivity contribution in [1.29, 1.82) is 0 Å². The number of benzene rings is 2. The number of rotatable bonds is 7. The van der Waals surface area contributed by atoms with Crippen molar-refractivity contribution in [3.8, 4) is 5.75 Å². The van der Waals surface area contributed by atoms with Crippen molar-refractivity contribution in [2.75, 3.05) is 11.9 Å². The first-order valence-electron chi connectivity index (χ1n) is 8.58. The standard InChI is InChI=1S/C21H24N2O3/c1-4-13-26-19-11-9-18(10-12-19)23-21(25)20(22-16(3)24)14-17-8-6-5-7-15(17)2/h5-12,14H,4,13H2,1-3H3,(H,22,24)(H,23,25)/b20-14-. The lowest BCUT2D eigenvalue weighted by Gasteiger charge is -2.11. The van der Waals surface area contributed by atoms with Crippen LogP contribution >= 0.6 is 0 Å². The van der Waals surface area contributed by atoms with Gasteiger partial charge < -0.3 is 15.4 Å². The van der Waals surface area contributed by atoms with Crippen LogP contribution in [0.15, 0.2) is 54.2 Å². The molecule has 2 rings (SSSR count). The summed E-state index contributed by atoms with van der Waals surface area (Å²) in [5.41, 5.74) is 2.70. The first-order chi connectivity index (χ1) is 12.5. The quantitative estimate of drug-likeness (QED) is 0.743. The van der Waals surface area contributed by atoms with Gasteiger partial charge in [0.2, 0.25) is 5.91 Å². The smallest absolute Gasteiger partial charge is 0.272 e. The van der Waals surface area contributed by atoms with Gasteiger partial charge in [-0.1, -0.05) is 31.2 Å². The molecule has 2 N–H and O–H groups in total. The van der Waals surface area contributed by atoms with E-state index in [4.69, 9.17) is 4.74 Å². The summed E-state index contributed by atoms with van der Waals surface area (Å²) in [5.74, 6) is 0.0661. The number of aryl methyl sites for hydroxylation is 1. The van der Waals surface area contributed by atoms with Crippen LogP contribution in [0.25, 0.3) is 6.08 Å². The Balaban J connectivity index is 2.16. The van der Waals surface area contributed by atoms with Crippen LogP contribution in [-0.4, -0.2) is 18.4 Å². The van der Waals surface area contributed by atoms with Crippen molar-refractivity contribution in [1.82, 2.24) is 5.32 Å². The molecular weight excluding hydrogens is 328 g/mol. The normalized spacial score (nSPS) is 11.0. The molecule has 136 valence electrons. The Morgan fingerprint density at radius 1 is 1.08 bits per heavy atom. The van der Waals surface area contributed by atoms with Gasteiger partial charge in [-0.05, 0) is 54.8 Å². The van der Waals surface area contributed by atoms with Crippen molar-refractivity contribution >= 4 is 23.6 Å². The van der Waals surface area contributed by atoms with Crippen LogP contribution in [0.1, 0.15) is 31.4 Å². The van der Waals surface area contributed by atoms with Gasteiger partial charge in [0.1, 0.15) is 11.4 Å². The van der Waals surface area contributed by atoms with E-state index >= 15 is 0 Å². The van der Waals surface area contributed by atoms with E-state index in [1.807, 2.05) is 38.1 Å². The van der Waals surface area contributed by atoms with Gasteiger partial charge in [0.15, 0.2) is 0 Å². The molecule has 0 saturated carbocycles. The highest BCUT2D eigenvalue weighted by Gasteiger charge is 2.12. The minimum Gasteiger partial charge on any atom is -0.494 e. The number of carbonyl (C=O) groups is 2. The first kappa shape index (κ1) is 19.2. The Morgan fingerprint density at radius 2 is 1.77 bits per heavy atom. The van der Waals surface area contributed by atoms with Crippen molar-refractivity contribution in [3.63, 3.8) is 0 Å². The summed E-state index contributed by atoms with van der Waals surface area (Å²) in [5, 5.41) is 5.39. The van der Waals surface area contributed by atoms with Crippen LogP contribution in [0.3, 0.4) is 0 Å². The predicted octanol–water partition coefficient (Wildman–Crippen LogP) is 3.90. The number of carbonyl (C=O) groups excluding carboxylic acids is 2. The molecular formula is C21H24N2O3. The predicted molar refractivity (Wildman–Crippen MR) is 104 cm³/mol. The maximum Gasteiger partial charge on any atom is 0.272 e. The van der Waals surface area contributed by atoms with E-state index in [-0.39, 0.29) is 17.5 Å². The lowest BCUT2D eigenvalue weighted by Crippen LogP contribution is -2.29. The van der Waals surface area contributed by atoms with Gasteiger partial charge in [0.25, 0.3) is 5.91 Å². The van der Waals surface area contributed by atoms with Crippen LogP contribution in [0.4, 0.5) is 5.69 Å². The third kappa shape index (κ3) is 5.77. The van der Waals surface area contributed by atoms with E-state index in [1.54, 1.807) is 30.3 Å². The lowest BCUT2D eigenvalue weighted by molar-refractivity contribution is -0.120. The van der Waals surface area contributed by atoms with Crippen molar-refractivity contribution in [3.05, 3.63) is 65.4 Å². The van der Waals surface area contributed by atoms with Gasteiger partial charge in [0, 0.05) is 12.6 Å². The number of anilines is 1. The van der Waals surface area contributed by atoms with E-state index in [9.17, 15) is 9.59 Å². The van der Waals surface area contributed by atoms with Crippen LogP contribution < -0.4 is 15.4 Å². The molecule has 2 aromatic rings. The molecule has 0 spiro atoms. The molecule has 0 heterocycles. The highest BCUT2D eigenvalue weighted by molar-refractivity contribution is 6.08. The maximum absolute atomic E-state index is 12.6. The SMILES string of the molecule is CCCOc1ccc(NC(=O)/C(=C/c2ccccc2C)NC(C)=O)cc1. The number of nitrogens with one attached hydrogen (secondary N) is 2. The number of amides is 2. The monoisotopic (exact) mass is 352 g/mol. The zero-order valence-corrected chi connectivity index (χ0v) is 15.3. The van der Waals surface area contributed by atoms with Crippen molar-refractivity contribution in [2.45, 2.75) is 27.2 Å². The van der Waals surface area contributed by atoms with Crippen molar-refractivity contribution < 1.29 is 14.3 Å². The molecule has 0 atom stereocenters. The first-order valence-corrected chi connectivity index (χ1v) is 8.58. The third-order valence-corrected chi connectivity index (χ3v) is 3.63. The van der Waals surface area contributed by atoms with Crippen molar-refractivity contribution in [2.24, 2.45) is 0 Å². The molecule has 26 heavy (non-hydrogen) atoms. The Morgan fingerprint density at radius 3 is 2.38 bits per heavy atom. The third-order valence-electron chi connectivity index (χ3n) is 3.63. The second-order valence-electron chi connectivity index (χ2n) is 5.92. The van der Waals surface area contributed by atoms with E-state index in [0.29, 0.717) is 12.3 Å². The summed E-state index contributed by atoms with van der Waals surface area (Å²) < 4.78 is 5.53. The van der Waals surface area contributed by atoms with E-state index in [1.165, 1.54) is 6.92 Å². The fraction of sp³-hybridized carbons (Fsp3) is 0.238. The fourth-order valence-electron chi connectivity index (χ4n) is 2.31. The number of hydrogen-bond acceptors (Lipinski definition) is 3. The van der Waals surface area contributed by atoms with Crippen LogP contribution in [-0.2, 0) is 9.59 Å². The Kier molecular flexibility index (Phi) is 6.97. The molecule has 2 amide bonds. The average molecular weight is 352 g/mol. The highest BCUT2D eigenvalue weighted by Crippen LogP contribution is 2.17. The van der Waals surface area contributed by atoms with Gasteiger partial charge in [-0.3, -0.25) is 9.59 Å².